The third-order valence-electron chi connectivity index (χ3n) is 3.36. The average Bonchev–Trinajstić information content (AvgIpc) is 2.60. The second kappa shape index (κ2) is 5.49. The van der Waals surface area contributed by atoms with Crippen molar-refractivity contribution in [2.75, 3.05) is 5.32 Å². The van der Waals surface area contributed by atoms with Crippen molar-refractivity contribution in [3.05, 3.63) is 52.3 Å². The topological polar surface area (TPSA) is 34.0 Å². The van der Waals surface area contributed by atoms with Gasteiger partial charge in [0.1, 0.15) is 0 Å². The molecule has 0 aliphatic heterocycles. The number of aromatic nitrogens is 1. The molecule has 0 saturated heterocycles. The first kappa shape index (κ1) is 13.7. The molecule has 19 heavy (non-hydrogen) atoms. The third-order valence-corrected chi connectivity index (χ3v) is 3.61. The second-order valence-corrected chi connectivity index (χ2v) is 5.12. The first-order chi connectivity index (χ1) is 8.97. The molecule has 0 spiro atoms. The molecule has 1 aromatic heterocycles. The summed E-state index contributed by atoms with van der Waals surface area (Å²) in [6, 6.07) is 9.16. The zero-order chi connectivity index (χ0) is 14.0. The van der Waals surface area contributed by atoms with Gasteiger partial charge in [0.25, 0.3) is 0 Å². The highest BCUT2D eigenvalue weighted by Gasteiger charge is 2.10. The lowest BCUT2D eigenvalue weighted by atomic mass is 10.1. The number of rotatable bonds is 3. The first-order valence-electron chi connectivity index (χ1n) is 6.14. The van der Waals surface area contributed by atoms with E-state index in [9.17, 15) is 4.79 Å². The SMILES string of the molecule is Cc1cc(CC(=O)Nc2ccc(Cl)cc2)c(C)n1C. The molecule has 1 amide bonds. The van der Waals surface area contributed by atoms with Crippen molar-refractivity contribution < 1.29 is 4.79 Å². The number of aryl methyl sites for hydroxylation is 1. The molecule has 1 N–H and O–H groups in total. The highest BCUT2D eigenvalue weighted by Crippen LogP contribution is 2.16. The summed E-state index contributed by atoms with van der Waals surface area (Å²) in [7, 11) is 2.01. The van der Waals surface area contributed by atoms with Gasteiger partial charge in [-0.1, -0.05) is 11.6 Å². The molecule has 1 heterocycles. The van der Waals surface area contributed by atoms with Crippen LogP contribution in [0, 0.1) is 13.8 Å². The van der Waals surface area contributed by atoms with Crippen LogP contribution in [-0.2, 0) is 18.3 Å². The Morgan fingerprint density at radius 3 is 2.42 bits per heavy atom. The summed E-state index contributed by atoms with van der Waals surface area (Å²) in [5.74, 6) is -0.0176. The van der Waals surface area contributed by atoms with Crippen LogP contribution in [0.3, 0.4) is 0 Å². The van der Waals surface area contributed by atoms with Gasteiger partial charge in [-0.25, -0.2) is 0 Å². The smallest absolute Gasteiger partial charge is 0.228 e. The summed E-state index contributed by atoms with van der Waals surface area (Å²) < 4.78 is 2.09. The zero-order valence-electron chi connectivity index (χ0n) is 11.3. The Morgan fingerprint density at radius 2 is 1.89 bits per heavy atom. The van der Waals surface area contributed by atoms with Crippen LogP contribution >= 0.6 is 11.6 Å². The van der Waals surface area contributed by atoms with E-state index in [2.05, 4.69) is 16.0 Å². The molecule has 0 fully saturated rings. The number of amides is 1. The first-order valence-corrected chi connectivity index (χ1v) is 6.52. The van der Waals surface area contributed by atoms with Gasteiger partial charge in [-0.2, -0.15) is 0 Å². The van der Waals surface area contributed by atoms with Crippen LogP contribution in [0.4, 0.5) is 5.69 Å². The molecule has 2 rings (SSSR count). The quantitative estimate of drug-likeness (QED) is 0.915. The van der Waals surface area contributed by atoms with E-state index < -0.39 is 0 Å². The summed E-state index contributed by atoms with van der Waals surface area (Å²) >= 11 is 5.80. The predicted octanol–water partition coefficient (Wildman–Crippen LogP) is 3.48. The Labute approximate surface area is 118 Å². The molecule has 2 aromatic rings. The van der Waals surface area contributed by atoms with Crippen molar-refractivity contribution >= 4 is 23.2 Å². The molecule has 100 valence electrons. The van der Waals surface area contributed by atoms with Gasteiger partial charge < -0.3 is 9.88 Å². The van der Waals surface area contributed by atoms with E-state index in [1.807, 2.05) is 20.9 Å². The third kappa shape index (κ3) is 3.18. The van der Waals surface area contributed by atoms with Crippen molar-refractivity contribution in [3.63, 3.8) is 0 Å². The maximum Gasteiger partial charge on any atom is 0.228 e. The fourth-order valence-electron chi connectivity index (χ4n) is 2.02. The van der Waals surface area contributed by atoms with Crippen LogP contribution in [0.5, 0.6) is 0 Å². The van der Waals surface area contributed by atoms with Crippen LogP contribution in [0.15, 0.2) is 30.3 Å². The molecule has 0 atom stereocenters. The number of hydrogen-bond acceptors (Lipinski definition) is 1. The highest BCUT2D eigenvalue weighted by molar-refractivity contribution is 6.30. The van der Waals surface area contributed by atoms with Gasteiger partial charge in [0.15, 0.2) is 0 Å². The number of benzene rings is 1. The minimum absolute atomic E-state index is 0.0176. The Hall–Kier alpha value is -1.74. The molecular formula is C15H17ClN2O. The highest BCUT2D eigenvalue weighted by atomic mass is 35.5. The fraction of sp³-hybridized carbons (Fsp3) is 0.267. The Kier molecular flexibility index (Phi) is 3.96. The Balaban J connectivity index is 2.05. The van der Waals surface area contributed by atoms with E-state index in [0.717, 1.165) is 22.6 Å². The molecule has 0 aliphatic rings. The monoisotopic (exact) mass is 276 g/mol. The van der Waals surface area contributed by atoms with Gasteiger partial charge in [0.2, 0.25) is 5.91 Å². The maximum atomic E-state index is 12.0. The fourth-order valence-corrected chi connectivity index (χ4v) is 2.15. The van der Waals surface area contributed by atoms with Crippen LogP contribution in [0.1, 0.15) is 17.0 Å². The molecule has 0 bridgehead atoms. The number of carbonyl (C=O) groups is 1. The van der Waals surface area contributed by atoms with E-state index in [1.165, 1.54) is 0 Å². The molecule has 4 heteroatoms. The largest absolute Gasteiger partial charge is 0.352 e. The lowest BCUT2D eigenvalue weighted by Crippen LogP contribution is -2.14. The molecular weight excluding hydrogens is 260 g/mol. The van der Waals surface area contributed by atoms with Crippen molar-refractivity contribution in [3.8, 4) is 0 Å². The van der Waals surface area contributed by atoms with Crippen molar-refractivity contribution in [2.24, 2.45) is 7.05 Å². The van der Waals surface area contributed by atoms with E-state index in [-0.39, 0.29) is 5.91 Å². The number of nitrogens with one attached hydrogen (secondary N) is 1. The number of hydrogen-bond donors (Lipinski definition) is 1. The van der Waals surface area contributed by atoms with Crippen LogP contribution in [-0.4, -0.2) is 10.5 Å². The van der Waals surface area contributed by atoms with Gasteiger partial charge in [0, 0.05) is 29.1 Å². The van der Waals surface area contributed by atoms with Gasteiger partial charge in [-0.05, 0) is 49.7 Å². The van der Waals surface area contributed by atoms with E-state index >= 15 is 0 Å². The van der Waals surface area contributed by atoms with E-state index in [0.29, 0.717) is 11.4 Å². The van der Waals surface area contributed by atoms with Gasteiger partial charge >= 0.3 is 0 Å². The Bertz CT molecular complexity index is 599. The number of nitrogens with zero attached hydrogens (tertiary/aromatic N) is 1. The lowest BCUT2D eigenvalue weighted by molar-refractivity contribution is -0.115. The standard InChI is InChI=1S/C15H17ClN2O/c1-10-8-12(11(2)18(10)3)9-15(19)17-14-6-4-13(16)5-7-14/h4-8H,9H2,1-3H3,(H,17,19). The van der Waals surface area contributed by atoms with Crippen molar-refractivity contribution in [2.45, 2.75) is 20.3 Å². The van der Waals surface area contributed by atoms with Crippen molar-refractivity contribution in [1.29, 1.82) is 0 Å². The van der Waals surface area contributed by atoms with Gasteiger partial charge in [-0.3, -0.25) is 4.79 Å². The van der Waals surface area contributed by atoms with E-state index in [1.54, 1.807) is 24.3 Å². The summed E-state index contributed by atoms with van der Waals surface area (Å²) in [4.78, 5) is 12.0. The van der Waals surface area contributed by atoms with E-state index in [4.69, 9.17) is 11.6 Å². The summed E-state index contributed by atoms with van der Waals surface area (Å²) in [6.45, 7) is 4.06. The molecule has 0 saturated carbocycles. The molecule has 0 radical (unpaired) electrons. The minimum atomic E-state index is -0.0176. The normalized spacial score (nSPS) is 10.5. The summed E-state index contributed by atoms with van der Waals surface area (Å²) in [6.07, 6.45) is 0.385. The number of halogens is 1. The minimum Gasteiger partial charge on any atom is -0.352 e. The van der Waals surface area contributed by atoms with Crippen molar-refractivity contribution in [1.82, 2.24) is 4.57 Å². The number of anilines is 1. The van der Waals surface area contributed by atoms with Crippen LogP contribution in [0.25, 0.3) is 0 Å². The predicted molar refractivity (Wildman–Crippen MR) is 78.7 cm³/mol. The van der Waals surface area contributed by atoms with Crippen LogP contribution < -0.4 is 5.32 Å². The summed E-state index contributed by atoms with van der Waals surface area (Å²) in [5, 5.41) is 3.53. The molecule has 0 unspecified atom stereocenters. The lowest BCUT2D eigenvalue weighted by Gasteiger charge is -2.05. The Morgan fingerprint density at radius 1 is 1.26 bits per heavy atom. The number of carbonyl (C=O) groups excluding carboxylic acids is 1. The molecule has 0 aliphatic carbocycles. The second-order valence-electron chi connectivity index (χ2n) is 4.69. The van der Waals surface area contributed by atoms with Gasteiger partial charge in [-0.15, -0.1) is 0 Å². The maximum absolute atomic E-state index is 12.0. The summed E-state index contributed by atoms with van der Waals surface area (Å²) in [5.41, 5.74) is 4.11. The van der Waals surface area contributed by atoms with Gasteiger partial charge in [0.05, 0.1) is 6.42 Å². The molecule has 3 nitrogen and oxygen atoms in total. The molecule has 1 aromatic carbocycles. The average molecular weight is 277 g/mol. The van der Waals surface area contributed by atoms with Crippen LogP contribution in [0.2, 0.25) is 5.02 Å². The zero-order valence-corrected chi connectivity index (χ0v) is 12.1.